The van der Waals surface area contributed by atoms with Crippen molar-refractivity contribution in [2.75, 3.05) is 5.73 Å². The lowest BCUT2D eigenvalue weighted by Crippen LogP contribution is -2.05. The molecule has 0 saturated heterocycles. The maximum Gasteiger partial charge on any atom is 0.197 e. The van der Waals surface area contributed by atoms with Crippen molar-refractivity contribution in [2.24, 2.45) is 0 Å². The minimum absolute atomic E-state index is 0.0649. The van der Waals surface area contributed by atoms with Crippen LogP contribution in [0.3, 0.4) is 0 Å². The van der Waals surface area contributed by atoms with Crippen molar-refractivity contribution in [2.45, 2.75) is 6.92 Å². The van der Waals surface area contributed by atoms with Crippen molar-refractivity contribution in [1.82, 2.24) is 4.98 Å². The number of hydrogen-bond acceptors (Lipinski definition) is 4. The number of nitrogens with two attached hydrogens (primary N) is 1. The van der Waals surface area contributed by atoms with E-state index in [2.05, 4.69) is 4.98 Å². The number of aromatic nitrogens is 1. The van der Waals surface area contributed by atoms with Crippen molar-refractivity contribution in [3.63, 3.8) is 0 Å². The average molecular weight is 218 g/mol. The second-order valence-corrected chi connectivity index (χ2v) is 4.33. The highest BCUT2D eigenvalue weighted by Gasteiger charge is 2.13. The summed E-state index contributed by atoms with van der Waals surface area (Å²) in [5, 5.41) is 1.84. The van der Waals surface area contributed by atoms with Crippen LogP contribution in [0.1, 0.15) is 20.8 Å². The summed E-state index contributed by atoms with van der Waals surface area (Å²) < 4.78 is 0. The Balaban J connectivity index is 2.41. The third-order valence-corrected chi connectivity index (χ3v) is 2.94. The van der Waals surface area contributed by atoms with Gasteiger partial charge in [0.05, 0.1) is 5.56 Å². The third kappa shape index (κ3) is 1.89. The van der Waals surface area contributed by atoms with E-state index >= 15 is 0 Å². The van der Waals surface area contributed by atoms with Gasteiger partial charge in [-0.25, -0.2) is 4.98 Å². The van der Waals surface area contributed by atoms with E-state index < -0.39 is 0 Å². The fourth-order valence-electron chi connectivity index (χ4n) is 1.33. The number of hydrogen-bond donors (Lipinski definition) is 1. The quantitative estimate of drug-likeness (QED) is 0.787. The van der Waals surface area contributed by atoms with Crippen LogP contribution >= 0.6 is 11.3 Å². The molecule has 0 aliphatic carbocycles. The molecule has 0 radical (unpaired) electrons. The number of carbonyl (C=O) groups excluding carboxylic acids is 1. The highest BCUT2D eigenvalue weighted by Crippen LogP contribution is 2.19. The van der Waals surface area contributed by atoms with E-state index in [0.717, 1.165) is 4.88 Å². The Kier molecular flexibility index (Phi) is 2.51. The Morgan fingerprint density at radius 1 is 1.53 bits per heavy atom. The molecule has 3 nitrogen and oxygen atoms in total. The minimum Gasteiger partial charge on any atom is -0.383 e. The van der Waals surface area contributed by atoms with E-state index in [1.54, 1.807) is 29.7 Å². The normalized spacial score (nSPS) is 10.2. The highest BCUT2D eigenvalue weighted by atomic mass is 32.1. The first-order valence-electron chi connectivity index (χ1n) is 4.49. The van der Waals surface area contributed by atoms with Gasteiger partial charge in [0.1, 0.15) is 5.82 Å². The van der Waals surface area contributed by atoms with Gasteiger partial charge in [0.2, 0.25) is 0 Å². The monoisotopic (exact) mass is 218 g/mol. The van der Waals surface area contributed by atoms with Gasteiger partial charge in [-0.3, -0.25) is 4.79 Å². The number of nitrogen functional groups attached to an aromatic ring is 1. The van der Waals surface area contributed by atoms with E-state index in [1.165, 1.54) is 0 Å². The van der Waals surface area contributed by atoms with Crippen molar-refractivity contribution in [3.05, 3.63) is 45.8 Å². The van der Waals surface area contributed by atoms with Gasteiger partial charge in [-0.15, -0.1) is 11.3 Å². The smallest absolute Gasteiger partial charge is 0.197 e. The average Bonchev–Trinajstić information content (AvgIpc) is 2.65. The lowest BCUT2D eigenvalue weighted by Gasteiger charge is -2.00. The van der Waals surface area contributed by atoms with Gasteiger partial charge in [0.25, 0.3) is 0 Å². The number of rotatable bonds is 2. The summed E-state index contributed by atoms with van der Waals surface area (Å²) >= 11 is 1.55. The second kappa shape index (κ2) is 3.82. The van der Waals surface area contributed by atoms with Gasteiger partial charge in [0, 0.05) is 22.0 Å². The summed E-state index contributed by atoms with van der Waals surface area (Å²) in [5.74, 6) is 0.219. The summed E-state index contributed by atoms with van der Waals surface area (Å²) in [6.45, 7) is 1.97. The standard InChI is InChI=1S/C11H10N2OS/c1-7-5-8(6-15-7)10(14)9-3-2-4-13-11(9)12/h2-6H,1H3,(H2,12,13). The zero-order valence-corrected chi connectivity index (χ0v) is 9.04. The molecule has 4 heteroatoms. The zero-order chi connectivity index (χ0) is 10.8. The van der Waals surface area contributed by atoms with Gasteiger partial charge in [-0.1, -0.05) is 0 Å². The Morgan fingerprint density at radius 2 is 2.33 bits per heavy atom. The minimum atomic E-state index is -0.0649. The van der Waals surface area contributed by atoms with Gasteiger partial charge in [-0.2, -0.15) is 0 Å². The number of thiophene rings is 1. The molecule has 0 saturated carbocycles. The van der Waals surface area contributed by atoms with Crippen LogP contribution in [0.15, 0.2) is 29.8 Å². The van der Waals surface area contributed by atoms with E-state index in [9.17, 15) is 4.79 Å². The number of aryl methyl sites for hydroxylation is 1. The fraction of sp³-hybridized carbons (Fsp3) is 0.0909. The number of ketones is 1. The van der Waals surface area contributed by atoms with Crippen molar-refractivity contribution in [3.8, 4) is 0 Å². The van der Waals surface area contributed by atoms with Crippen molar-refractivity contribution >= 4 is 22.9 Å². The summed E-state index contributed by atoms with van der Waals surface area (Å²) in [5.41, 5.74) is 6.78. The van der Waals surface area contributed by atoms with Crippen molar-refractivity contribution in [1.29, 1.82) is 0 Å². The number of pyridine rings is 1. The zero-order valence-electron chi connectivity index (χ0n) is 8.23. The van der Waals surface area contributed by atoms with Crippen LogP contribution in [0.25, 0.3) is 0 Å². The molecule has 76 valence electrons. The predicted octanol–water partition coefficient (Wildman–Crippen LogP) is 2.26. The molecule has 0 aromatic carbocycles. The first-order valence-corrected chi connectivity index (χ1v) is 5.37. The summed E-state index contributed by atoms with van der Waals surface area (Å²) in [7, 11) is 0. The highest BCUT2D eigenvalue weighted by molar-refractivity contribution is 7.10. The molecule has 2 rings (SSSR count). The number of carbonyl (C=O) groups is 1. The molecule has 0 fully saturated rings. The molecule has 0 bridgehead atoms. The van der Waals surface area contributed by atoms with E-state index in [0.29, 0.717) is 11.1 Å². The Morgan fingerprint density at radius 3 is 2.93 bits per heavy atom. The maximum atomic E-state index is 12.0. The number of anilines is 1. The van der Waals surface area contributed by atoms with E-state index in [-0.39, 0.29) is 11.6 Å². The van der Waals surface area contributed by atoms with Crippen LogP contribution < -0.4 is 5.73 Å². The number of nitrogens with zero attached hydrogens (tertiary/aromatic N) is 1. The molecule has 2 aromatic rings. The molecule has 0 aliphatic rings. The molecule has 0 aliphatic heterocycles. The molecular formula is C11H10N2OS. The Bertz CT molecular complexity index is 505. The fourth-order valence-corrected chi connectivity index (χ4v) is 2.01. The Hall–Kier alpha value is -1.68. The topological polar surface area (TPSA) is 56.0 Å². The summed E-state index contributed by atoms with van der Waals surface area (Å²) in [4.78, 5) is 17.0. The predicted molar refractivity (Wildman–Crippen MR) is 61.1 cm³/mol. The van der Waals surface area contributed by atoms with Crippen molar-refractivity contribution < 1.29 is 4.79 Å². The molecular weight excluding hydrogens is 208 g/mol. The first kappa shape index (κ1) is 9.86. The van der Waals surface area contributed by atoms with Gasteiger partial charge in [0.15, 0.2) is 5.78 Å². The summed E-state index contributed by atoms with van der Waals surface area (Å²) in [6.07, 6.45) is 1.57. The van der Waals surface area contributed by atoms with E-state index in [4.69, 9.17) is 5.73 Å². The first-order chi connectivity index (χ1) is 7.18. The molecule has 0 unspecified atom stereocenters. The molecule has 2 heterocycles. The molecule has 0 atom stereocenters. The van der Waals surface area contributed by atoms with Gasteiger partial charge < -0.3 is 5.73 Å². The molecule has 0 amide bonds. The maximum absolute atomic E-state index is 12.0. The van der Waals surface area contributed by atoms with Crippen LogP contribution in [-0.2, 0) is 0 Å². The van der Waals surface area contributed by atoms with Crippen LogP contribution in [0.4, 0.5) is 5.82 Å². The van der Waals surface area contributed by atoms with Crippen LogP contribution in [0.5, 0.6) is 0 Å². The molecule has 0 spiro atoms. The summed E-state index contributed by atoms with van der Waals surface area (Å²) in [6, 6.07) is 5.26. The van der Waals surface area contributed by atoms with E-state index in [1.807, 2.05) is 18.4 Å². The SMILES string of the molecule is Cc1cc(C(=O)c2cccnc2N)cs1. The second-order valence-electron chi connectivity index (χ2n) is 3.21. The molecule has 2 aromatic heterocycles. The van der Waals surface area contributed by atoms with Gasteiger partial charge in [-0.05, 0) is 25.1 Å². The van der Waals surface area contributed by atoms with Crippen LogP contribution in [0.2, 0.25) is 0 Å². The lowest BCUT2D eigenvalue weighted by molar-refractivity contribution is 0.103. The third-order valence-electron chi connectivity index (χ3n) is 2.08. The Labute approximate surface area is 91.6 Å². The van der Waals surface area contributed by atoms with Crippen LogP contribution in [0, 0.1) is 6.92 Å². The molecule has 2 N–H and O–H groups in total. The lowest BCUT2D eigenvalue weighted by atomic mass is 10.1. The largest absolute Gasteiger partial charge is 0.383 e. The van der Waals surface area contributed by atoms with Gasteiger partial charge >= 0.3 is 0 Å². The van der Waals surface area contributed by atoms with Crippen LogP contribution in [-0.4, -0.2) is 10.8 Å². The molecule has 15 heavy (non-hydrogen) atoms.